The zero-order chi connectivity index (χ0) is 16.7. The van der Waals surface area contributed by atoms with Crippen LogP contribution in [0, 0.1) is 0 Å². The fraction of sp³-hybridized carbons (Fsp3) is 0.400. The lowest BCUT2D eigenvalue weighted by molar-refractivity contribution is 0.0520. The van der Waals surface area contributed by atoms with Crippen molar-refractivity contribution in [2.75, 3.05) is 26.2 Å². The first kappa shape index (κ1) is 17.1. The summed E-state index contributed by atoms with van der Waals surface area (Å²) in [4.78, 5) is 11.9. The third kappa shape index (κ3) is 4.13. The molecule has 23 heavy (non-hydrogen) atoms. The van der Waals surface area contributed by atoms with Crippen molar-refractivity contribution < 1.29 is 19.0 Å². The van der Waals surface area contributed by atoms with Crippen molar-refractivity contribution in [1.82, 2.24) is 15.4 Å². The molecule has 0 aliphatic heterocycles. The average Bonchev–Trinajstić information content (AvgIpc) is 3.05. The van der Waals surface area contributed by atoms with Crippen molar-refractivity contribution in [2.45, 2.75) is 13.3 Å². The number of rotatable bonds is 8. The van der Waals surface area contributed by atoms with Crippen LogP contribution < -0.4 is 9.47 Å². The van der Waals surface area contributed by atoms with Crippen molar-refractivity contribution in [2.24, 2.45) is 0 Å². The second-order valence-corrected chi connectivity index (χ2v) is 4.88. The molecule has 0 saturated carbocycles. The van der Waals surface area contributed by atoms with E-state index in [1.807, 2.05) is 0 Å². The summed E-state index contributed by atoms with van der Waals surface area (Å²) >= 11 is 5.65. The number of halogens is 1. The maximum atomic E-state index is 11.9. The minimum Gasteiger partial charge on any atom is -0.493 e. The van der Waals surface area contributed by atoms with Gasteiger partial charge in [0, 0.05) is 11.4 Å². The highest BCUT2D eigenvalue weighted by atomic mass is 35.5. The number of carbonyl (C=O) groups excluding carboxylic acids is 1. The van der Waals surface area contributed by atoms with E-state index in [2.05, 4.69) is 15.4 Å². The molecule has 0 saturated heterocycles. The molecule has 1 aromatic heterocycles. The van der Waals surface area contributed by atoms with Gasteiger partial charge in [-0.1, -0.05) is 0 Å². The Bertz CT molecular complexity index is 660. The molecule has 2 rings (SSSR count). The van der Waals surface area contributed by atoms with Gasteiger partial charge in [-0.25, -0.2) is 4.79 Å². The Labute approximate surface area is 138 Å². The van der Waals surface area contributed by atoms with Gasteiger partial charge in [-0.2, -0.15) is 10.3 Å². The Hall–Kier alpha value is -2.28. The molecule has 1 N–H and O–H groups in total. The third-order valence-corrected chi connectivity index (χ3v) is 3.26. The van der Waals surface area contributed by atoms with Crippen LogP contribution in [0.4, 0.5) is 0 Å². The summed E-state index contributed by atoms with van der Waals surface area (Å²) in [5.74, 6) is 1.12. The quantitative estimate of drug-likeness (QED) is 0.452. The lowest BCUT2D eigenvalue weighted by Crippen LogP contribution is -2.07. The topological polar surface area (TPSA) is 86.3 Å². The Morgan fingerprint density at radius 1 is 1.30 bits per heavy atom. The predicted octanol–water partition coefficient (Wildman–Crippen LogP) is 2.66. The number of carbonyl (C=O) groups is 1. The Morgan fingerprint density at radius 2 is 2.13 bits per heavy atom. The molecule has 2 aromatic rings. The van der Waals surface area contributed by atoms with Crippen LogP contribution in [-0.4, -0.2) is 47.6 Å². The van der Waals surface area contributed by atoms with E-state index in [0.29, 0.717) is 41.7 Å². The van der Waals surface area contributed by atoms with Gasteiger partial charge in [0.25, 0.3) is 0 Å². The van der Waals surface area contributed by atoms with Crippen LogP contribution in [0.2, 0.25) is 0 Å². The minimum atomic E-state index is -0.531. The highest BCUT2D eigenvalue weighted by Gasteiger charge is 2.20. The van der Waals surface area contributed by atoms with Gasteiger partial charge < -0.3 is 14.2 Å². The highest BCUT2D eigenvalue weighted by molar-refractivity contribution is 6.17. The van der Waals surface area contributed by atoms with Crippen LogP contribution in [0.3, 0.4) is 0 Å². The van der Waals surface area contributed by atoms with Crippen LogP contribution in [0.1, 0.15) is 23.8 Å². The summed E-state index contributed by atoms with van der Waals surface area (Å²) in [6, 6.07) is 5.26. The maximum Gasteiger partial charge on any atom is 0.361 e. The van der Waals surface area contributed by atoms with Gasteiger partial charge in [0.2, 0.25) is 0 Å². The van der Waals surface area contributed by atoms with Crippen LogP contribution >= 0.6 is 11.6 Å². The first-order chi connectivity index (χ1) is 11.2. The van der Waals surface area contributed by atoms with E-state index in [0.717, 1.165) is 0 Å². The minimum absolute atomic E-state index is 0.128. The van der Waals surface area contributed by atoms with Crippen molar-refractivity contribution in [1.29, 1.82) is 0 Å². The molecule has 0 fully saturated rings. The fourth-order valence-corrected chi connectivity index (χ4v) is 2.06. The number of nitrogens with zero attached hydrogens (tertiary/aromatic N) is 2. The molecule has 124 valence electrons. The summed E-state index contributed by atoms with van der Waals surface area (Å²) in [5.41, 5.74) is 1.19. The second kappa shape index (κ2) is 8.38. The number of hydrogen-bond donors (Lipinski definition) is 1. The third-order valence-electron chi connectivity index (χ3n) is 2.99. The summed E-state index contributed by atoms with van der Waals surface area (Å²) in [5, 5.41) is 10.3. The molecule has 0 atom stereocenters. The Kier molecular flexibility index (Phi) is 6.22. The molecule has 0 amide bonds. The number of nitrogens with one attached hydrogen (secondary N) is 1. The normalized spacial score (nSPS) is 10.4. The van der Waals surface area contributed by atoms with E-state index in [1.54, 1.807) is 32.2 Å². The van der Waals surface area contributed by atoms with Crippen molar-refractivity contribution >= 4 is 17.6 Å². The Balaban J connectivity index is 2.31. The van der Waals surface area contributed by atoms with E-state index in [1.165, 1.54) is 0 Å². The average molecular weight is 340 g/mol. The van der Waals surface area contributed by atoms with Crippen molar-refractivity contribution in [3.8, 4) is 22.8 Å². The van der Waals surface area contributed by atoms with Crippen LogP contribution in [0.15, 0.2) is 18.2 Å². The molecule has 7 nitrogen and oxygen atoms in total. The SMILES string of the molecule is CCOC(=O)c1n[nH]nc1-c1ccc(OC)c(OCCCCl)c1. The van der Waals surface area contributed by atoms with E-state index >= 15 is 0 Å². The van der Waals surface area contributed by atoms with Crippen molar-refractivity contribution in [3.05, 3.63) is 23.9 Å². The number of H-pyrrole nitrogens is 1. The lowest BCUT2D eigenvalue weighted by atomic mass is 10.1. The van der Waals surface area contributed by atoms with Crippen LogP contribution in [-0.2, 0) is 4.74 Å². The van der Waals surface area contributed by atoms with E-state index in [9.17, 15) is 4.79 Å². The summed E-state index contributed by atoms with van der Waals surface area (Å²) in [6.07, 6.45) is 0.715. The first-order valence-electron chi connectivity index (χ1n) is 7.16. The first-order valence-corrected chi connectivity index (χ1v) is 7.69. The van der Waals surface area contributed by atoms with Gasteiger partial charge in [-0.3, -0.25) is 0 Å². The second-order valence-electron chi connectivity index (χ2n) is 4.50. The van der Waals surface area contributed by atoms with Gasteiger partial charge in [0.05, 0.1) is 20.3 Å². The summed E-state index contributed by atoms with van der Waals surface area (Å²) in [6.45, 7) is 2.46. The standard InChI is InChI=1S/C15H18ClN3O4/c1-3-22-15(20)14-13(17-19-18-14)10-5-6-11(21-2)12(9-10)23-8-4-7-16/h5-6,9H,3-4,7-8H2,1-2H3,(H,17,18,19). The highest BCUT2D eigenvalue weighted by Crippen LogP contribution is 2.32. The van der Waals surface area contributed by atoms with E-state index in [4.69, 9.17) is 25.8 Å². The molecule has 8 heteroatoms. The maximum absolute atomic E-state index is 11.9. The summed E-state index contributed by atoms with van der Waals surface area (Å²) in [7, 11) is 1.56. The number of ether oxygens (including phenoxy) is 3. The zero-order valence-corrected chi connectivity index (χ0v) is 13.7. The number of aromatic amines is 1. The number of esters is 1. The molecule has 0 radical (unpaired) electrons. The van der Waals surface area contributed by atoms with E-state index in [-0.39, 0.29) is 12.3 Å². The number of aromatic nitrogens is 3. The van der Waals surface area contributed by atoms with Gasteiger partial charge in [-0.15, -0.1) is 16.7 Å². The lowest BCUT2D eigenvalue weighted by Gasteiger charge is -2.11. The van der Waals surface area contributed by atoms with Gasteiger partial charge in [0.15, 0.2) is 17.2 Å². The molecule has 0 aliphatic carbocycles. The molecular formula is C15H18ClN3O4. The van der Waals surface area contributed by atoms with Crippen LogP contribution in [0.25, 0.3) is 11.3 Å². The van der Waals surface area contributed by atoms with Gasteiger partial charge in [0.1, 0.15) is 5.69 Å². The molecule has 0 bridgehead atoms. The fourth-order valence-electron chi connectivity index (χ4n) is 1.95. The van der Waals surface area contributed by atoms with Gasteiger partial charge >= 0.3 is 5.97 Å². The zero-order valence-electron chi connectivity index (χ0n) is 13.0. The van der Waals surface area contributed by atoms with E-state index < -0.39 is 5.97 Å². The van der Waals surface area contributed by atoms with Crippen LogP contribution in [0.5, 0.6) is 11.5 Å². The largest absolute Gasteiger partial charge is 0.493 e. The molecule has 0 spiro atoms. The van der Waals surface area contributed by atoms with Crippen molar-refractivity contribution in [3.63, 3.8) is 0 Å². The molecule has 0 aliphatic rings. The number of benzene rings is 1. The number of methoxy groups -OCH3 is 1. The molecule has 1 aromatic carbocycles. The monoisotopic (exact) mass is 339 g/mol. The van der Waals surface area contributed by atoms with Gasteiger partial charge in [-0.05, 0) is 31.5 Å². The molecular weight excluding hydrogens is 322 g/mol. The molecule has 1 heterocycles. The smallest absolute Gasteiger partial charge is 0.361 e. The Morgan fingerprint density at radius 3 is 2.83 bits per heavy atom. The number of hydrogen-bond acceptors (Lipinski definition) is 6. The number of alkyl halides is 1. The summed E-state index contributed by atoms with van der Waals surface area (Å²) < 4.78 is 15.9. The molecule has 0 unspecified atom stereocenters. The predicted molar refractivity (Wildman–Crippen MR) is 85.2 cm³/mol.